The van der Waals surface area contributed by atoms with E-state index in [0.717, 1.165) is 51.1 Å². The van der Waals surface area contributed by atoms with E-state index in [1.165, 1.54) is 12.8 Å². The molecule has 2 aliphatic heterocycles. The topological polar surface area (TPSA) is 75.0 Å². The molecule has 154 valence electrons. The van der Waals surface area contributed by atoms with Gasteiger partial charge in [-0.15, -0.1) is 0 Å². The maximum atomic E-state index is 12.6. The van der Waals surface area contributed by atoms with Crippen LogP contribution in [-0.4, -0.2) is 67.0 Å². The van der Waals surface area contributed by atoms with Gasteiger partial charge in [-0.1, -0.05) is 0 Å². The molecule has 3 aliphatic rings. The summed E-state index contributed by atoms with van der Waals surface area (Å²) in [5.41, 5.74) is 0. The zero-order chi connectivity index (χ0) is 19.3. The van der Waals surface area contributed by atoms with Gasteiger partial charge in [0.25, 0.3) is 5.91 Å². The number of likely N-dealkylation sites (tertiary alicyclic amines) is 1. The van der Waals surface area contributed by atoms with Gasteiger partial charge in [-0.3, -0.25) is 14.5 Å². The van der Waals surface area contributed by atoms with Crippen LogP contribution in [0.1, 0.15) is 54.8 Å². The van der Waals surface area contributed by atoms with Gasteiger partial charge in [0, 0.05) is 25.0 Å². The van der Waals surface area contributed by atoms with E-state index in [1.807, 2.05) is 11.0 Å². The summed E-state index contributed by atoms with van der Waals surface area (Å²) in [5.74, 6) is 1.44. The van der Waals surface area contributed by atoms with E-state index in [1.54, 1.807) is 6.07 Å². The Morgan fingerprint density at radius 1 is 1.00 bits per heavy atom. The minimum atomic E-state index is -0.143. The first-order chi connectivity index (χ1) is 13.7. The van der Waals surface area contributed by atoms with Crippen molar-refractivity contribution in [3.63, 3.8) is 0 Å². The molecule has 7 nitrogen and oxygen atoms in total. The summed E-state index contributed by atoms with van der Waals surface area (Å²) in [4.78, 5) is 29.4. The summed E-state index contributed by atoms with van der Waals surface area (Å²) in [6.45, 7) is 5.67. The predicted octanol–water partition coefficient (Wildman–Crippen LogP) is 2.02. The number of amides is 2. The Labute approximate surface area is 166 Å². The minimum Gasteiger partial charge on any atom is -0.455 e. The lowest BCUT2D eigenvalue weighted by atomic mass is 9.85. The van der Waals surface area contributed by atoms with Crippen molar-refractivity contribution >= 4 is 11.8 Å². The van der Waals surface area contributed by atoms with Gasteiger partial charge in [0.05, 0.1) is 19.8 Å². The lowest BCUT2D eigenvalue weighted by Crippen LogP contribution is -2.46. The summed E-state index contributed by atoms with van der Waals surface area (Å²) in [5, 5.41) is 3.09. The van der Waals surface area contributed by atoms with Crippen molar-refractivity contribution in [2.75, 3.05) is 39.4 Å². The average molecular weight is 389 g/mol. The average Bonchev–Trinajstić information content (AvgIpc) is 3.41. The number of hydrogen-bond donors (Lipinski definition) is 1. The fourth-order valence-corrected chi connectivity index (χ4v) is 4.53. The van der Waals surface area contributed by atoms with Crippen LogP contribution in [0.2, 0.25) is 0 Å². The second-order valence-corrected chi connectivity index (χ2v) is 8.21. The summed E-state index contributed by atoms with van der Waals surface area (Å²) < 4.78 is 11.1. The van der Waals surface area contributed by atoms with Gasteiger partial charge in [0.1, 0.15) is 5.76 Å². The molecule has 0 atom stereocenters. The van der Waals surface area contributed by atoms with Crippen LogP contribution in [0.3, 0.4) is 0 Å². The van der Waals surface area contributed by atoms with Crippen LogP contribution in [0, 0.1) is 5.92 Å². The van der Waals surface area contributed by atoms with E-state index in [0.29, 0.717) is 32.1 Å². The van der Waals surface area contributed by atoms with Crippen molar-refractivity contribution in [2.45, 2.75) is 51.1 Å². The normalized spacial score (nSPS) is 26.4. The SMILES string of the molecule is O=C(NC1CCC(C(=O)N2CCOCC2)CC1)c1ccc(CN2CCCC2)o1. The van der Waals surface area contributed by atoms with E-state index >= 15 is 0 Å². The molecule has 0 spiro atoms. The number of nitrogens with zero attached hydrogens (tertiary/aromatic N) is 2. The highest BCUT2D eigenvalue weighted by atomic mass is 16.5. The van der Waals surface area contributed by atoms with Crippen molar-refractivity contribution in [2.24, 2.45) is 5.92 Å². The van der Waals surface area contributed by atoms with Crippen LogP contribution >= 0.6 is 0 Å². The molecule has 7 heteroatoms. The van der Waals surface area contributed by atoms with Crippen molar-refractivity contribution in [3.8, 4) is 0 Å². The Bertz CT molecular complexity index is 669. The van der Waals surface area contributed by atoms with E-state index in [9.17, 15) is 9.59 Å². The highest BCUT2D eigenvalue weighted by molar-refractivity contribution is 5.91. The first-order valence-electron chi connectivity index (χ1n) is 10.7. The maximum absolute atomic E-state index is 12.6. The number of furan rings is 1. The van der Waals surface area contributed by atoms with Crippen molar-refractivity contribution < 1.29 is 18.7 Å². The van der Waals surface area contributed by atoms with Gasteiger partial charge < -0.3 is 19.4 Å². The van der Waals surface area contributed by atoms with Gasteiger partial charge in [-0.2, -0.15) is 0 Å². The molecule has 0 unspecified atom stereocenters. The van der Waals surface area contributed by atoms with Crippen molar-refractivity contribution in [1.82, 2.24) is 15.1 Å². The van der Waals surface area contributed by atoms with E-state index in [2.05, 4.69) is 10.2 Å². The summed E-state index contributed by atoms with van der Waals surface area (Å²) in [6.07, 6.45) is 5.83. The number of carbonyl (C=O) groups excluding carboxylic acids is 2. The van der Waals surface area contributed by atoms with Gasteiger partial charge in [-0.25, -0.2) is 0 Å². The molecular formula is C21H31N3O4. The van der Waals surface area contributed by atoms with Gasteiger partial charge >= 0.3 is 0 Å². The van der Waals surface area contributed by atoms with Crippen LogP contribution < -0.4 is 5.32 Å². The van der Waals surface area contributed by atoms with Gasteiger partial charge in [-0.05, 0) is 63.7 Å². The fraction of sp³-hybridized carbons (Fsp3) is 0.714. The number of ether oxygens (including phenoxy) is 1. The molecule has 0 aromatic carbocycles. The minimum absolute atomic E-state index is 0.0851. The quantitative estimate of drug-likeness (QED) is 0.834. The third-order valence-corrected chi connectivity index (χ3v) is 6.20. The van der Waals surface area contributed by atoms with E-state index < -0.39 is 0 Å². The molecule has 3 heterocycles. The van der Waals surface area contributed by atoms with Crippen molar-refractivity contribution in [1.29, 1.82) is 0 Å². The summed E-state index contributed by atoms with van der Waals surface area (Å²) in [7, 11) is 0. The molecule has 2 amide bonds. The number of hydrogen-bond acceptors (Lipinski definition) is 5. The van der Waals surface area contributed by atoms with Crippen molar-refractivity contribution in [3.05, 3.63) is 23.7 Å². The van der Waals surface area contributed by atoms with Crippen LogP contribution in [0.25, 0.3) is 0 Å². The Morgan fingerprint density at radius 2 is 1.71 bits per heavy atom. The second kappa shape index (κ2) is 9.09. The highest BCUT2D eigenvalue weighted by Gasteiger charge is 2.31. The maximum Gasteiger partial charge on any atom is 0.287 e. The molecule has 1 N–H and O–H groups in total. The number of carbonyl (C=O) groups is 2. The zero-order valence-corrected chi connectivity index (χ0v) is 16.5. The number of rotatable bonds is 5. The lowest BCUT2D eigenvalue weighted by Gasteiger charge is -2.34. The van der Waals surface area contributed by atoms with E-state index in [4.69, 9.17) is 9.15 Å². The fourth-order valence-electron chi connectivity index (χ4n) is 4.53. The molecule has 2 saturated heterocycles. The summed E-state index contributed by atoms with van der Waals surface area (Å²) in [6, 6.07) is 3.80. The van der Waals surface area contributed by atoms with Crippen LogP contribution in [0.5, 0.6) is 0 Å². The summed E-state index contributed by atoms with van der Waals surface area (Å²) >= 11 is 0. The van der Waals surface area contributed by atoms with Crippen LogP contribution in [-0.2, 0) is 16.1 Å². The first kappa shape index (κ1) is 19.5. The number of nitrogens with one attached hydrogen (secondary N) is 1. The van der Waals surface area contributed by atoms with E-state index in [-0.39, 0.29) is 23.8 Å². The lowest BCUT2D eigenvalue weighted by molar-refractivity contribution is -0.140. The largest absolute Gasteiger partial charge is 0.455 e. The molecule has 1 saturated carbocycles. The van der Waals surface area contributed by atoms with Gasteiger partial charge in [0.15, 0.2) is 5.76 Å². The standard InChI is InChI=1S/C21H31N3O4/c25-20(19-8-7-18(28-19)15-23-9-1-2-10-23)22-17-5-3-16(4-6-17)21(26)24-11-13-27-14-12-24/h7-8,16-17H,1-6,9-15H2,(H,22,25). The molecule has 4 rings (SSSR count). The molecule has 1 aliphatic carbocycles. The molecule has 1 aromatic heterocycles. The molecule has 0 radical (unpaired) electrons. The second-order valence-electron chi connectivity index (χ2n) is 8.21. The predicted molar refractivity (Wildman–Crippen MR) is 104 cm³/mol. The first-order valence-corrected chi connectivity index (χ1v) is 10.7. The number of morpholine rings is 1. The molecule has 0 bridgehead atoms. The Kier molecular flexibility index (Phi) is 6.32. The zero-order valence-electron chi connectivity index (χ0n) is 16.5. The van der Waals surface area contributed by atoms with Crippen LogP contribution in [0.15, 0.2) is 16.5 Å². The molecular weight excluding hydrogens is 358 g/mol. The third kappa shape index (κ3) is 4.75. The Hall–Kier alpha value is -1.86. The van der Waals surface area contributed by atoms with Gasteiger partial charge in [0.2, 0.25) is 5.91 Å². The highest BCUT2D eigenvalue weighted by Crippen LogP contribution is 2.27. The molecule has 3 fully saturated rings. The monoisotopic (exact) mass is 389 g/mol. The third-order valence-electron chi connectivity index (χ3n) is 6.20. The molecule has 28 heavy (non-hydrogen) atoms. The van der Waals surface area contributed by atoms with Crippen LogP contribution in [0.4, 0.5) is 0 Å². The Balaban J connectivity index is 1.22. The Morgan fingerprint density at radius 3 is 2.43 bits per heavy atom. The molecule has 1 aromatic rings. The smallest absolute Gasteiger partial charge is 0.287 e.